The second-order valence-electron chi connectivity index (χ2n) is 11.1. The summed E-state index contributed by atoms with van der Waals surface area (Å²) in [5.41, 5.74) is 8.52. The van der Waals surface area contributed by atoms with E-state index in [4.69, 9.17) is 9.47 Å². The van der Waals surface area contributed by atoms with Crippen LogP contribution in [-0.4, -0.2) is 6.61 Å². The molecule has 2 fully saturated rings. The van der Waals surface area contributed by atoms with Crippen LogP contribution in [0.3, 0.4) is 0 Å². The van der Waals surface area contributed by atoms with Crippen molar-refractivity contribution in [3.8, 4) is 22.9 Å². The molecular weight excluding hydrogens is 442 g/mol. The van der Waals surface area contributed by atoms with E-state index >= 15 is 0 Å². The molecule has 0 bridgehead atoms. The Morgan fingerprint density at radius 3 is 2.64 bits per heavy atom. The molecule has 2 aromatic rings. The fraction of sp³-hybridized carbons (Fsp3) is 0.424. The zero-order valence-electron chi connectivity index (χ0n) is 22.5. The third-order valence-corrected chi connectivity index (χ3v) is 7.48. The summed E-state index contributed by atoms with van der Waals surface area (Å²) in [7, 11) is 0. The third-order valence-electron chi connectivity index (χ3n) is 7.48. The van der Waals surface area contributed by atoms with Gasteiger partial charge in [-0.15, -0.1) is 0 Å². The molecule has 2 unspecified atom stereocenters. The number of fused-ring (bicyclic) bond motifs is 1. The SMILES string of the molecule is C=C(/C=C1/CC2CC2/C1=C/C)OCc1cccc(-c2c(C)cc(OCCCC(C)(C)C#N)cc2C)c1. The first-order chi connectivity index (χ1) is 17.2. The van der Waals surface area contributed by atoms with E-state index in [0.717, 1.165) is 41.7 Å². The van der Waals surface area contributed by atoms with Gasteiger partial charge in [0.15, 0.2) is 0 Å². The second kappa shape index (κ2) is 10.8. The molecule has 2 atom stereocenters. The van der Waals surface area contributed by atoms with Gasteiger partial charge in [0.05, 0.1) is 18.1 Å². The maximum atomic E-state index is 9.18. The van der Waals surface area contributed by atoms with Crippen molar-refractivity contribution in [1.82, 2.24) is 0 Å². The van der Waals surface area contributed by atoms with Crippen LogP contribution in [0.4, 0.5) is 0 Å². The number of hydrogen-bond donors (Lipinski definition) is 0. The van der Waals surface area contributed by atoms with Crippen LogP contribution in [0.1, 0.15) is 63.1 Å². The minimum Gasteiger partial charge on any atom is -0.494 e. The van der Waals surface area contributed by atoms with Crippen LogP contribution in [0.25, 0.3) is 11.1 Å². The fourth-order valence-electron chi connectivity index (χ4n) is 5.49. The molecule has 3 nitrogen and oxygen atoms in total. The summed E-state index contributed by atoms with van der Waals surface area (Å²) in [4.78, 5) is 0. The van der Waals surface area contributed by atoms with E-state index in [1.165, 1.54) is 46.2 Å². The van der Waals surface area contributed by atoms with Crippen molar-refractivity contribution in [3.05, 3.63) is 88.7 Å². The van der Waals surface area contributed by atoms with Gasteiger partial charge in [-0.05, 0) is 135 Å². The molecule has 36 heavy (non-hydrogen) atoms. The molecular formula is C33H39NO2. The fourth-order valence-corrected chi connectivity index (χ4v) is 5.49. The molecule has 2 aliphatic carbocycles. The van der Waals surface area contributed by atoms with E-state index in [-0.39, 0.29) is 5.41 Å². The molecule has 4 rings (SSSR count). The lowest BCUT2D eigenvalue weighted by atomic mass is 9.90. The molecule has 0 aliphatic heterocycles. The lowest BCUT2D eigenvalue weighted by molar-refractivity contribution is 0.212. The average Bonchev–Trinajstić information content (AvgIpc) is 3.51. The number of nitrogens with zero attached hydrogens (tertiary/aromatic N) is 1. The molecule has 0 aromatic heterocycles. The van der Waals surface area contributed by atoms with Crippen LogP contribution >= 0.6 is 0 Å². The highest BCUT2D eigenvalue weighted by Crippen LogP contribution is 2.57. The summed E-state index contributed by atoms with van der Waals surface area (Å²) in [6.45, 7) is 15.6. The minimum absolute atomic E-state index is 0.302. The lowest BCUT2D eigenvalue weighted by Crippen LogP contribution is -2.10. The van der Waals surface area contributed by atoms with Crippen molar-refractivity contribution in [2.24, 2.45) is 17.3 Å². The predicted octanol–water partition coefficient (Wildman–Crippen LogP) is 8.62. The van der Waals surface area contributed by atoms with Gasteiger partial charge in [-0.2, -0.15) is 5.26 Å². The van der Waals surface area contributed by atoms with Gasteiger partial charge in [-0.3, -0.25) is 0 Å². The van der Waals surface area contributed by atoms with Gasteiger partial charge >= 0.3 is 0 Å². The zero-order chi connectivity index (χ0) is 25.9. The Morgan fingerprint density at radius 2 is 1.94 bits per heavy atom. The Hall–Kier alpha value is -3.25. The van der Waals surface area contributed by atoms with Crippen molar-refractivity contribution >= 4 is 0 Å². The lowest BCUT2D eigenvalue weighted by Gasteiger charge is -2.17. The summed E-state index contributed by atoms with van der Waals surface area (Å²) in [5.74, 6) is 3.26. The topological polar surface area (TPSA) is 42.2 Å². The maximum Gasteiger partial charge on any atom is 0.119 e. The molecule has 0 heterocycles. The molecule has 2 saturated carbocycles. The number of ether oxygens (including phenoxy) is 2. The predicted molar refractivity (Wildman–Crippen MR) is 147 cm³/mol. The number of benzene rings is 2. The van der Waals surface area contributed by atoms with Crippen LogP contribution in [-0.2, 0) is 11.3 Å². The number of nitriles is 1. The molecule has 2 aromatic carbocycles. The van der Waals surface area contributed by atoms with Crippen molar-refractivity contribution in [2.75, 3.05) is 6.61 Å². The van der Waals surface area contributed by atoms with Gasteiger partial charge in [0.2, 0.25) is 0 Å². The minimum atomic E-state index is -0.302. The molecule has 0 saturated heterocycles. The third kappa shape index (κ3) is 6.11. The second-order valence-corrected chi connectivity index (χ2v) is 11.1. The van der Waals surface area contributed by atoms with E-state index in [2.05, 4.69) is 82.0 Å². The summed E-state index contributed by atoms with van der Waals surface area (Å²) < 4.78 is 12.1. The molecule has 188 valence electrons. The average molecular weight is 482 g/mol. The van der Waals surface area contributed by atoms with Crippen molar-refractivity contribution in [2.45, 2.75) is 66.9 Å². The largest absolute Gasteiger partial charge is 0.494 e. The molecule has 3 heteroatoms. The Kier molecular flexibility index (Phi) is 7.74. The van der Waals surface area contributed by atoms with Gasteiger partial charge in [0.1, 0.15) is 18.1 Å². The van der Waals surface area contributed by atoms with E-state index in [1.54, 1.807) is 0 Å². The Labute approximate surface area is 217 Å². The van der Waals surface area contributed by atoms with Gasteiger partial charge in [0, 0.05) is 0 Å². The monoisotopic (exact) mass is 481 g/mol. The molecule has 0 spiro atoms. The molecule has 0 radical (unpaired) electrons. The zero-order valence-corrected chi connectivity index (χ0v) is 22.5. The Balaban J connectivity index is 1.38. The number of hydrogen-bond acceptors (Lipinski definition) is 3. The van der Waals surface area contributed by atoms with E-state index in [9.17, 15) is 5.26 Å². The number of aryl methyl sites for hydroxylation is 2. The highest BCUT2D eigenvalue weighted by molar-refractivity contribution is 5.72. The van der Waals surface area contributed by atoms with Crippen LogP contribution in [0.2, 0.25) is 0 Å². The van der Waals surface area contributed by atoms with Gasteiger partial charge < -0.3 is 9.47 Å². The van der Waals surface area contributed by atoms with Crippen molar-refractivity contribution in [1.29, 1.82) is 5.26 Å². The summed E-state index contributed by atoms with van der Waals surface area (Å²) >= 11 is 0. The van der Waals surface area contributed by atoms with E-state index < -0.39 is 0 Å². The summed E-state index contributed by atoms with van der Waals surface area (Å²) in [5, 5.41) is 9.18. The summed E-state index contributed by atoms with van der Waals surface area (Å²) in [6, 6.07) is 15.1. The molecule has 0 N–H and O–H groups in total. The van der Waals surface area contributed by atoms with Crippen LogP contribution in [0, 0.1) is 42.4 Å². The first-order valence-electron chi connectivity index (χ1n) is 13.1. The molecule has 2 aliphatic rings. The highest BCUT2D eigenvalue weighted by atomic mass is 16.5. The van der Waals surface area contributed by atoms with Crippen molar-refractivity contribution < 1.29 is 9.47 Å². The molecule has 0 amide bonds. The standard InChI is InChI=1S/C33H39NO2/c1-7-30-27(18-28-19-31(28)30)16-24(4)36-20-25-10-8-11-26(17-25)32-22(2)14-29(15-23(32)3)35-13-9-12-33(5,6)21-34/h7-8,10-11,14-17,28,31H,4,9,12-13,18-20H2,1-3,5-6H3/b27-16-,30-7+. The highest BCUT2D eigenvalue weighted by Gasteiger charge is 2.46. The Morgan fingerprint density at radius 1 is 1.19 bits per heavy atom. The normalized spacial score (nSPS) is 20.8. The van der Waals surface area contributed by atoms with Gasteiger partial charge in [0.25, 0.3) is 0 Å². The first-order valence-corrected chi connectivity index (χ1v) is 13.1. The maximum absolute atomic E-state index is 9.18. The van der Waals surface area contributed by atoms with Crippen LogP contribution < -0.4 is 4.74 Å². The number of allylic oxidation sites excluding steroid dienone is 4. The van der Waals surface area contributed by atoms with Gasteiger partial charge in [-0.1, -0.05) is 30.9 Å². The summed E-state index contributed by atoms with van der Waals surface area (Å²) in [6.07, 6.45) is 8.61. The van der Waals surface area contributed by atoms with E-state index in [1.807, 2.05) is 13.8 Å². The van der Waals surface area contributed by atoms with Crippen LogP contribution in [0.5, 0.6) is 5.75 Å². The van der Waals surface area contributed by atoms with Crippen molar-refractivity contribution in [3.63, 3.8) is 0 Å². The number of rotatable bonds is 10. The van der Waals surface area contributed by atoms with E-state index in [0.29, 0.717) is 13.2 Å². The first kappa shape index (κ1) is 25.8. The van der Waals surface area contributed by atoms with Crippen LogP contribution in [0.15, 0.2) is 72.0 Å². The smallest absolute Gasteiger partial charge is 0.119 e. The quantitative estimate of drug-likeness (QED) is 0.252. The van der Waals surface area contributed by atoms with Gasteiger partial charge in [-0.25, -0.2) is 0 Å². The Bertz CT molecular complexity index is 1220.